The highest BCUT2D eigenvalue weighted by Gasteiger charge is 2.26. The van der Waals surface area contributed by atoms with Gasteiger partial charge in [0.25, 0.3) is 5.91 Å². The predicted octanol–water partition coefficient (Wildman–Crippen LogP) is 2.41. The van der Waals surface area contributed by atoms with Crippen molar-refractivity contribution in [3.63, 3.8) is 0 Å². The Morgan fingerprint density at radius 2 is 2.04 bits per heavy atom. The van der Waals surface area contributed by atoms with Crippen molar-refractivity contribution in [1.29, 1.82) is 0 Å². The third kappa shape index (κ3) is 3.45. The standard InChI is InChI=1S/C18H28N6O/c1-11(2)16-21-20-15-8-7-13(10-23(15)16)19-17(25)14-9-12(3)24(22-14)18(4,5)6/h9,11,13H,7-8,10H2,1-6H3,(H,19,25)/t13-/m0/s1. The molecule has 1 aliphatic heterocycles. The van der Waals surface area contributed by atoms with Crippen molar-refractivity contribution in [3.8, 4) is 0 Å². The fourth-order valence-electron chi connectivity index (χ4n) is 3.42. The van der Waals surface area contributed by atoms with Gasteiger partial charge in [0.2, 0.25) is 0 Å². The zero-order valence-electron chi connectivity index (χ0n) is 16.0. The number of hydrogen-bond acceptors (Lipinski definition) is 4. The van der Waals surface area contributed by atoms with Gasteiger partial charge in [0.15, 0.2) is 0 Å². The second kappa shape index (κ2) is 6.28. The van der Waals surface area contributed by atoms with Crippen molar-refractivity contribution in [2.24, 2.45) is 0 Å². The van der Waals surface area contributed by atoms with Gasteiger partial charge in [0, 0.05) is 30.6 Å². The topological polar surface area (TPSA) is 77.6 Å². The summed E-state index contributed by atoms with van der Waals surface area (Å²) in [5.41, 5.74) is 1.33. The molecule has 2 aromatic heterocycles. The summed E-state index contributed by atoms with van der Waals surface area (Å²) in [5, 5.41) is 16.2. The van der Waals surface area contributed by atoms with Crippen molar-refractivity contribution in [2.75, 3.05) is 0 Å². The largest absolute Gasteiger partial charge is 0.346 e. The molecule has 0 aliphatic carbocycles. The molecule has 136 valence electrons. The van der Waals surface area contributed by atoms with Gasteiger partial charge in [-0.05, 0) is 40.2 Å². The average molecular weight is 344 g/mol. The zero-order chi connectivity index (χ0) is 18.4. The van der Waals surface area contributed by atoms with Gasteiger partial charge < -0.3 is 9.88 Å². The molecule has 1 aliphatic rings. The molecule has 0 radical (unpaired) electrons. The van der Waals surface area contributed by atoms with Crippen molar-refractivity contribution < 1.29 is 4.79 Å². The van der Waals surface area contributed by atoms with E-state index in [4.69, 9.17) is 0 Å². The average Bonchev–Trinajstić information content (AvgIpc) is 3.09. The SMILES string of the molecule is Cc1cc(C(=O)N[C@H]2CCc3nnc(C(C)C)n3C2)nn1C(C)(C)C. The molecule has 7 heteroatoms. The number of nitrogens with one attached hydrogen (secondary N) is 1. The maximum atomic E-state index is 12.6. The summed E-state index contributed by atoms with van der Waals surface area (Å²) in [6.45, 7) is 13.2. The third-order valence-electron chi connectivity index (χ3n) is 4.58. The molecule has 1 atom stereocenters. The second-order valence-corrected chi connectivity index (χ2v) is 8.20. The number of hydrogen-bond donors (Lipinski definition) is 1. The molecule has 3 heterocycles. The Kier molecular flexibility index (Phi) is 4.43. The van der Waals surface area contributed by atoms with Crippen LogP contribution in [0.15, 0.2) is 6.07 Å². The first-order chi connectivity index (χ1) is 11.7. The summed E-state index contributed by atoms with van der Waals surface area (Å²) in [6.07, 6.45) is 1.71. The summed E-state index contributed by atoms with van der Waals surface area (Å²) >= 11 is 0. The molecule has 0 bridgehead atoms. The van der Waals surface area contributed by atoms with E-state index in [0.29, 0.717) is 11.6 Å². The lowest BCUT2D eigenvalue weighted by molar-refractivity contribution is 0.0920. The fraction of sp³-hybridized carbons (Fsp3) is 0.667. The van der Waals surface area contributed by atoms with Crippen molar-refractivity contribution >= 4 is 5.91 Å². The maximum absolute atomic E-state index is 12.6. The summed E-state index contributed by atoms with van der Waals surface area (Å²) < 4.78 is 4.05. The van der Waals surface area contributed by atoms with Gasteiger partial charge >= 0.3 is 0 Å². The summed E-state index contributed by atoms with van der Waals surface area (Å²) in [4.78, 5) is 12.6. The van der Waals surface area contributed by atoms with Crippen LogP contribution in [0.4, 0.5) is 0 Å². The van der Waals surface area contributed by atoms with Crippen LogP contribution in [0.1, 0.15) is 74.8 Å². The van der Waals surface area contributed by atoms with E-state index in [0.717, 1.165) is 36.7 Å². The third-order valence-corrected chi connectivity index (χ3v) is 4.58. The number of nitrogens with zero attached hydrogens (tertiary/aromatic N) is 5. The van der Waals surface area contributed by atoms with Crippen LogP contribution < -0.4 is 5.32 Å². The maximum Gasteiger partial charge on any atom is 0.272 e. The quantitative estimate of drug-likeness (QED) is 0.927. The molecule has 1 N–H and O–H groups in total. The van der Waals surface area contributed by atoms with Gasteiger partial charge in [-0.1, -0.05) is 13.8 Å². The van der Waals surface area contributed by atoms with Crippen LogP contribution in [0.2, 0.25) is 0 Å². The van der Waals surface area contributed by atoms with E-state index < -0.39 is 0 Å². The van der Waals surface area contributed by atoms with Gasteiger partial charge in [0.05, 0.1) is 5.54 Å². The highest BCUT2D eigenvalue weighted by atomic mass is 16.2. The van der Waals surface area contributed by atoms with Crippen molar-refractivity contribution in [1.82, 2.24) is 29.9 Å². The number of aryl methyl sites for hydroxylation is 2. The minimum absolute atomic E-state index is 0.0774. The Balaban J connectivity index is 1.73. The number of fused-ring (bicyclic) bond motifs is 1. The van der Waals surface area contributed by atoms with Crippen molar-refractivity contribution in [3.05, 3.63) is 29.1 Å². The Morgan fingerprint density at radius 1 is 1.32 bits per heavy atom. The molecule has 2 aromatic rings. The van der Waals surface area contributed by atoms with E-state index in [9.17, 15) is 4.79 Å². The molecule has 1 amide bonds. The van der Waals surface area contributed by atoms with Crippen LogP contribution in [0.25, 0.3) is 0 Å². The molecule has 0 saturated heterocycles. The first-order valence-corrected chi connectivity index (χ1v) is 8.97. The van der Waals surface area contributed by atoms with Crippen LogP contribution in [0, 0.1) is 6.92 Å². The van der Waals surface area contributed by atoms with Crippen LogP contribution in [-0.2, 0) is 18.5 Å². The van der Waals surface area contributed by atoms with Gasteiger partial charge in [-0.2, -0.15) is 5.10 Å². The molecule has 0 unspecified atom stereocenters. The lowest BCUT2D eigenvalue weighted by atomic mass is 10.1. The lowest BCUT2D eigenvalue weighted by Crippen LogP contribution is -2.41. The molecule has 25 heavy (non-hydrogen) atoms. The Hall–Kier alpha value is -2.18. The molecule has 7 nitrogen and oxygen atoms in total. The number of amides is 1. The van der Waals surface area contributed by atoms with Gasteiger partial charge in [-0.3, -0.25) is 9.48 Å². The Labute approximate surface area is 148 Å². The number of rotatable bonds is 3. The molecular formula is C18H28N6O. The van der Waals surface area contributed by atoms with E-state index in [1.54, 1.807) is 0 Å². The fourth-order valence-corrected chi connectivity index (χ4v) is 3.42. The minimum atomic E-state index is -0.142. The first-order valence-electron chi connectivity index (χ1n) is 8.97. The van der Waals surface area contributed by atoms with E-state index in [1.807, 2.05) is 17.7 Å². The van der Waals surface area contributed by atoms with Gasteiger partial charge in [0.1, 0.15) is 17.3 Å². The Bertz CT molecular complexity index is 780. The first kappa shape index (κ1) is 17.6. The van der Waals surface area contributed by atoms with Crippen LogP contribution >= 0.6 is 0 Å². The lowest BCUT2D eigenvalue weighted by Gasteiger charge is -2.25. The number of aromatic nitrogens is 5. The molecular weight excluding hydrogens is 316 g/mol. The molecule has 0 fully saturated rings. The van der Waals surface area contributed by atoms with E-state index >= 15 is 0 Å². The van der Waals surface area contributed by atoms with E-state index in [1.165, 1.54) is 0 Å². The Morgan fingerprint density at radius 3 is 2.64 bits per heavy atom. The summed E-state index contributed by atoms with van der Waals surface area (Å²) in [5.74, 6) is 2.21. The minimum Gasteiger partial charge on any atom is -0.346 e. The van der Waals surface area contributed by atoms with Crippen LogP contribution in [0.5, 0.6) is 0 Å². The highest BCUT2D eigenvalue weighted by Crippen LogP contribution is 2.21. The van der Waals surface area contributed by atoms with Crippen LogP contribution in [-0.4, -0.2) is 36.5 Å². The number of carbonyl (C=O) groups excluding carboxylic acids is 1. The number of carbonyl (C=O) groups is 1. The predicted molar refractivity (Wildman–Crippen MR) is 95.6 cm³/mol. The second-order valence-electron chi connectivity index (χ2n) is 8.20. The molecule has 0 spiro atoms. The van der Waals surface area contributed by atoms with Crippen LogP contribution in [0.3, 0.4) is 0 Å². The van der Waals surface area contributed by atoms with E-state index in [2.05, 4.69) is 59.8 Å². The van der Waals surface area contributed by atoms with Crippen molar-refractivity contribution in [2.45, 2.75) is 78.4 Å². The van der Waals surface area contributed by atoms with Gasteiger partial charge in [-0.25, -0.2) is 0 Å². The highest BCUT2D eigenvalue weighted by molar-refractivity contribution is 5.92. The summed E-state index contributed by atoms with van der Waals surface area (Å²) in [7, 11) is 0. The van der Waals surface area contributed by atoms with E-state index in [-0.39, 0.29) is 17.5 Å². The zero-order valence-corrected chi connectivity index (χ0v) is 16.0. The smallest absolute Gasteiger partial charge is 0.272 e. The molecule has 0 aromatic carbocycles. The normalized spacial score (nSPS) is 17.6. The molecule has 3 rings (SSSR count). The summed E-state index contributed by atoms with van der Waals surface area (Å²) in [6, 6.07) is 1.93. The molecule has 0 saturated carbocycles. The monoisotopic (exact) mass is 344 g/mol. The van der Waals surface area contributed by atoms with Gasteiger partial charge in [-0.15, -0.1) is 10.2 Å².